The van der Waals surface area contributed by atoms with E-state index in [1.54, 1.807) is 17.0 Å². The summed E-state index contributed by atoms with van der Waals surface area (Å²) in [5.74, 6) is 0.0467. The largest absolute Gasteiger partial charge is 0.414 e. The molecule has 1 aromatic carbocycles. The number of nitrogens with zero attached hydrogens (tertiary/aromatic N) is 1. The average molecular weight is 493 g/mol. The number of amides is 2. The number of H-pyrrole nitrogens is 1. The van der Waals surface area contributed by atoms with Crippen LogP contribution in [-0.2, 0) is 11.2 Å². The van der Waals surface area contributed by atoms with E-state index in [0.29, 0.717) is 16.6 Å². The molecule has 2 amide bonds. The lowest BCUT2D eigenvalue weighted by Gasteiger charge is -2.25. The fraction of sp³-hybridized carbons (Fsp3) is 0.364. The van der Waals surface area contributed by atoms with Gasteiger partial charge < -0.3 is 30.6 Å². The van der Waals surface area contributed by atoms with Gasteiger partial charge in [-0.25, -0.2) is 4.79 Å². The first-order valence-corrected chi connectivity index (χ1v) is 11.7. The molecule has 9 nitrogen and oxygen atoms in total. The number of nitrogens with one attached hydrogen (secondary N) is 3. The molecule has 2 atom stereocenters. The van der Waals surface area contributed by atoms with E-state index < -0.39 is 18.2 Å². The summed E-state index contributed by atoms with van der Waals surface area (Å²) in [6.45, 7) is 0.360. The number of aliphatic hydroxyl groups excluding tert-OH is 2. The second kappa shape index (κ2) is 10.5. The highest BCUT2D eigenvalue weighted by molar-refractivity contribution is 7.22. The van der Waals surface area contributed by atoms with Crippen LogP contribution < -0.4 is 15.4 Å². The number of hydrogen-bond donors (Lipinski definition) is 5. The molecule has 0 unspecified atom stereocenters. The predicted octanol–water partition coefficient (Wildman–Crippen LogP) is 2.04. The zero-order valence-corrected chi connectivity index (χ0v) is 19.3. The number of ether oxygens (including phenoxy) is 1. The number of fused-ring (bicyclic) bond motifs is 2. The minimum Gasteiger partial charge on any atom is -0.395 e. The third-order valence-electron chi connectivity index (χ3n) is 5.51. The molecule has 0 saturated heterocycles. The number of aliphatic hydroxyl groups is 2. The molecule has 0 spiro atoms. The molecule has 1 aliphatic rings. The van der Waals surface area contributed by atoms with Crippen LogP contribution in [0.5, 0.6) is 5.88 Å². The summed E-state index contributed by atoms with van der Waals surface area (Å²) in [4.78, 5) is 30.8. The lowest BCUT2D eigenvalue weighted by Crippen LogP contribution is -2.48. The van der Waals surface area contributed by atoms with Gasteiger partial charge in [0.15, 0.2) is 0 Å². The van der Waals surface area contributed by atoms with Gasteiger partial charge in [-0.05, 0) is 23.6 Å². The SMILES string of the molecule is O=C(CN(CCO)CCO)N[C@@H]1c2ccccc2C[C@H]1NC(=O)Oc1cc2cc(Cl)sc2[nH]1. The van der Waals surface area contributed by atoms with E-state index in [9.17, 15) is 19.8 Å². The van der Waals surface area contributed by atoms with Gasteiger partial charge in [0.1, 0.15) is 4.83 Å². The Labute approximate surface area is 199 Å². The van der Waals surface area contributed by atoms with Gasteiger partial charge in [0, 0.05) is 24.5 Å². The molecule has 1 aliphatic carbocycles. The Morgan fingerprint density at radius 1 is 1.18 bits per heavy atom. The van der Waals surface area contributed by atoms with Crippen molar-refractivity contribution in [1.29, 1.82) is 0 Å². The Hall–Kier alpha value is -2.63. The normalized spacial score (nSPS) is 17.3. The van der Waals surface area contributed by atoms with Crippen LogP contribution in [0.1, 0.15) is 17.2 Å². The van der Waals surface area contributed by atoms with Crippen LogP contribution in [-0.4, -0.2) is 71.0 Å². The first-order valence-electron chi connectivity index (χ1n) is 10.5. The van der Waals surface area contributed by atoms with Crippen molar-refractivity contribution < 1.29 is 24.5 Å². The number of benzene rings is 1. The lowest BCUT2D eigenvalue weighted by atomic mass is 10.1. The maximum Gasteiger partial charge on any atom is 0.414 e. The summed E-state index contributed by atoms with van der Waals surface area (Å²) in [5, 5.41) is 25.1. The molecule has 176 valence electrons. The molecular weight excluding hydrogens is 468 g/mol. The standard InChI is InChI=1S/C22H25ClN4O5S/c23-17-10-14-11-19(26-21(14)33-17)32-22(31)24-16-9-13-3-1-2-4-15(13)20(16)25-18(30)12-27(5-7-28)6-8-29/h1-4,10-11,16,20,26,28-29H,5-9,12H2,(H,24,31)(H,25,30)/t16-,20-/m1/s1. The monoisotopic (exact) mass is 492 g/mol. The highest BCUT2D eigenvalue weighted by Gasteiger charge is 2.35. The Morgan fingerprint density at radius 3 is 2.67 bits per heavy atom. The van der Waals surface area contributed by atoms with Crippen LogP contribution >= 0.6 is 22.9 Å². The van der Waals surface area contributed by atoms with Crippen molar-refractivity contribution in [2.75, 3.05) is 32.8 Å². The van der Waals surface area contributed by atoms with Crippen molar-refractivity contribution in [2.45, 2.75) is 18.5 Å². The van der Waals surface area contributed by atoms with Gasteiger partial charge >= 0.3 is 6.09 Å². The number of hydrogen-bond acceptors (Lipinski definition) is 7. The van der Waals surface area contributed by atoms with Crippen LogP contribution in [0, 0.1) is 0 Å². The minimum absolute atomic E-state index is 0.0265. The number of rotatable bonds is 9. The van der Waals surface area contributed by atoms with Crippen molar-refractivity contribution in [3.63, 3.8) is 0 Å². The van der Waals surface area contributed by atoms with E-state index in [0.717, 1.165) is 21.3 Å². The van der Waals surface area contributed by atoms with Crippen molar-refractivity contribution in [3.05, 3.63) is 51.9 Å². The maximum atomic E-state index is 12.7. The van der Waals surface area contributed by atoms with Crippen molar-refractivity contribution >= 4 is 45.2 Å². The predicted molar refractivity (Wildman–Crippen MR) is 126 cm³/mol. The van der Waals surface area contributed by atoms with Gasteiger partial charge in [-0.15, -0.1) is 11.3 Å². The molecule has 0 aliphatic heterocycles. The molecule has 0 bridgehead atoms. The molecule has 0 saturated carbocycles. The van der Waals surface area contributed by atoms with Gasteiger partial charge in [-0.3, -0.25) is 9.69 Å². The molecule has 0 radical (unpaired) electrons. The second-order valence-electron chi connectivity index (χ2n) is 7.78. The van der Waals surface area contributed by atoms with E-state index in [1.165, 1.54) is 11.3 Å². The molecular formula is C22H25ClN4O5S. The van der Waals surface area contributed by atoms with Gasteiger partial charge in [0.25, 0.3) is 0 Å². The minimum atomic E-state index is -0.630. The highest BCUT2D eigenvalue weighted by atomic mass is 35.5. The van der Waals surface area contributed by atoms with Crippen LogP contribution in [0.15, 0.2) is 36.4 Å². The van der Waals surface area contributed by atoms with E-state index in [2.05, 4.69) is 15.6 Å². The number of aromatic nitrogens is 1. The summed E-state index contributed by atoms with van der Waals surface area (Å²) in [6.07, 6.45) is -0.0860. The zero-order valence-electron chi connectivity index (χ0n) is 17.7. The van der Waals surface area contributed by atoms with Crippen molar-refractivity contribution in [3.8, 4) is 5.88 Å². The fourth-order valence-electron chi connectivity index (χ4n) is 4.09. The zero-order chi connectivity index (χ0) is 23.4. The summed E-state index contributed by atoms with van der Waals surface area (Å²) >= 11 is 7.34. The summed E-state index contributed by atoms with van der Waals surface area (Å²) in [7, 11) is 0. The van der Waals surface area contributed by atoms with Gasteiger partial charge in [0.2, 0.25) is 11.8 Å². The molecule has 4 rings (SSSR count). The molecule has 3 aromatic rings. The van der Waals surface area contributed by atoms with Gasteiger partial charge in [0.05, 0.1) is 36.2 Å². The highest BCUT2D eigenvalue weighted by Crippen LogP contribution is 2.33. The molecule has 5 N–H and O–H groups in total. The summed E-state index contributed by atoms with van der Waals surface area (Å²) in [6, 6.07) is 10.4. The molecule has 33 heavy (non-hydrogen) atoms. The van der Waals surface area contributed by atoms with E-state index in [4.69, 9.17) is 16.3 Å². The summed E-state index contributed by atoms with van der Waals surface area (Å²) < 4.78 is 6.07. The molecule has 11 heteroatoms. The van der Waals surface area contributed by atoms with Crippen molar-refractivity contribution in [1.82, 2.24) is 20.5 Å². The number of aromatic amines is 1. The smallest absolute Gasteiger partial charge is 0.395 e. The molecule has 0 fully saturated rings. The molecule has 2 aromatic heterocycles. The number of carbonyl (C=O) groups is 2. The number of halogens is 1. The maximum absolute atomic E-state index is 12.7. The third kappa shape index (κ3) is 5.66. The number of carbonyl (C=O) groups excluding carboxylic acids is 2. The fourth-order valence-corrected chi connectivity index (χ4v) is 5.20. The third-order valence-corrected chi connectivity index (χ3v) is 6.70. The van der Waals surface area contributed by atoms with Crippen LogP contribution in [0.2, 0.25) is 4.34 Å². The topological polar surface area (TPSA) is 127 Å². The average Bonchev–Trinajstić information content (AvgIpc) is 3.39. The van der Waals surface area contributed by atoms with E-state index in [-0.39, 0.29) is 38.8 Å². The Morgan fingerprint density at radius 2 is 1.94 bits per heavy atom. The van der Waals surface area contributed by atoms with Crippen molar-refractivity contribution in [2.24, 2.45) is 0 Å². The number of thiophene rings is 1. The summed E-state index contributed by atoms with van der Waals surface area (Å²) in [5.41, 5.74) is 1.97. The van der Waals surface area contributed by atoms with Gasteiger partial charge in [-0.2, -0.15) is 0 Å². The Kier molecular flexibility index (Phi) is 7.51. The van der Waals surface area contributed by atoms with E-state index >= 15 is 0 Å². The van der Waals surface area contributed by atoms with E-state index in [1.807, 2.05) is 24.3 Å². The second-order valence-corrected chi connectivity index (χ2v) is 9.46. The quantitative estimate of drug-likeness (QED) is 0.311. The Balaban J connectivity index is 1.42. The first kappa shape index (κ1) is 23.5. The van der Waals surface area contributed by atoms with Gasteiger partial charge in [-0.1, -0.05) is 35.9 Å². The Bertz CT molecular complexity index is 1100. The molecule has 2 heterocycles. The van der Waals surface area contributed by atoms with Crippen LogP contribution in [0.4, 0.5) is 4.79 Å². The lowest BCUT2D eigenvalue weighted by molar-refractivity contribution is -0.123. The van der Waals surface area contributed by atoms with Crippen LogP contribution in [0.3, 0.4) is 0 Å². The first-order chi connectivity index (χ1) is 16.0. The van der Waals surface area contributed by atoms with Crippen LogP contribution in [0.25, 0.3) is 10.2 Å².